The highest BCUT2D eigenvalue weighted by Crippen LogP contribution is 2.25. The molecule has 0 atom stereocenters. The minimum absolute atomic E-state index is 0.0384. The minimum atomic E-state index is -0.0384. The number of ketones is 1. The van der Waals surface area contributed by atoms with Gasteiger partial charge in [-0.3, -0.25) is 4.79 Å². The predicted octanol–water partition coefficient (Wildman–Crippen LogP) is 3.97. The molecule has 1 heterocycles. The van der Waals surface area contributed by atoms with Crippen molar-refractivity contribution in [2.75, 3.05) is 0 Å². The molecule has 0 aliphatic carbocycles. The van der Waals surface area contributed by atoms with E-state index in [2.05, 4.69) is 18.8 Å². The zero-order valence-corrected chi connectivity index (χ0v) is 11.9. The molecule has 100 valence electrons. The number of hydrogen-bond acceptors (Lipinski definition) is 2. The van der Waals surface area contributed by atoms with E-state index in [1.807, 2.05) is 48.7 Å². The predicted molar refractivity (Wildman–Crippen MR) is 77.2 cm³/mol. The van der Waals surface area contributed by atoms with Crippen molar-refractivity contribution < 1.29 is 4.79 Å². The number of carbonyl (C=O) groups excluding carboxylic acids is 1. The molecule has 1 aromatic carbocycles. The Bertz CT molecular complexity index is 568. The highest BCUT2D eigenvalue weighted by molar-refractivity contribution is 5.95. The van der Waals surface area contributed by atoms with Crippen LogP contribution in [-0.2, 0) is 0 Å². The summed E-state index contributed by atoms with van der Waals surface area (Å²) < 4.78 is 2.03. The molecular formula is C16H20N2O. The fraction of sp³-hybridized carbons (Fsp3) is 0.375. The lowest BCUT2D eigenvalue weighted by Gasteiger charge is -2.16. The third-order valence-corrected chi connectivity index (χ3v) is 3.13. The standard InChI is InChI=1S/C16H20N2O/c1-11(2)15(19)16-17-10-14(18(16)12(3)4)13-8-6-5-7-9-13/h5-12H,1-4H3. The molecule has 1 aromatic heterocycles. The van der Waals surface area contributed by atoms with Crippen LogP contribution in [0, 0.1) is 5.92 Å². The molecule has 2 rings (SSSR count). The molecule has 0 saturated carbocycles. The van der Waals surface area contributed by atoms with Gasteiger partial charge in [-0.15, -0.1) is 0 Å². The minimum Gasteiger partial charge on any atom is -0.319 e. The maximum atomic E-state index is 12.2. The van der Waals surface area contributed by atoms with E-state index in [4.69, 9.17) is 0 Å². The van der Waals surface area contributed by atoms with Crippen LogP contribution in [0.1, 0.15) is 44.4 Å². The summed E-state index contributed by atoms with van der Waals surface area (Å²) in [7, 11) is 0. The molecule has 3 heteroatoms. The fourth-order valence-electron chi connectivity index (χ4n) is 2.15. The van der Waals surface area contributed by atoms with Gasteiger partial charge in [0.2, 0.25) is 5.78 Å². The van der Waals surface area contributed by atoms with Gasteiger partial charge < -0.3 is 4.57 Å². The van der Waals surface area contributed by atoms with Gasteiger partial charge in [-0.1, -0.05) is 44.2 Å². The van der Waals surface area contributed by atoms with Gasteiger partial charge in [-0.25, -0.2) is 4.98 Å². The first-order chi connectivity index (χ1) is 9.02. The van der Waals surface area contributed by atoms with Crippen molar-refractivity contribution in [1.29, 1.82) is 0 Å². The summed E-state index contributed by atoms with van der Waals surface area (Å²) >= 11 is 0. The number of hydrogen-bond donors (Lipinski definition) is 0. The molecule has 3 nitrogen and oxygen atoms in total. The average Bonchev–Trinajstić information content (AvgIpc) is 2.83. The van der Waals surface area contributed by atoms with Gasteiger partial charge in [0, 0.05) is 12.0 Å². The molecule has 0 fully saturated rings. The van der Waals surface area contributed by atoms with Crippen LogP contribution in [-0.4, -0.2) is 15.3 Å². The second-order valence-electron chi connectivity index (χ2n) is 5.32. The summed E-state index contributed by atoms with van der Waals surface area (Å²) in [5.74, 6) is 0.614. The Kier molecular flexibility index (Phi) is 3.84. The Labute approximate surface area is 114 Å². The second-order valence-corrected chi connectivity index (χ2v) is 5.32. The summed E-state index contributed by atoms with van der Waals surface area (Å²) in [5.41, 5.74) is 2.09. The van der Waals surface area contributed by atoms with Gasteiger partial charge in [-0.05, 0) is 19.4 Å². The van der Waals surface area contributed by atoms with E-state index >= 15 is 0 Å². The molecule has 0 aliphatic rings. The topological polar surface area (TPSA) is 34.9 Å². The Morgan fingerprint density at radius 2 is 1.74 bits per heavy atom. The first-order valence-electron chi connectivity index (χ1n) is 6.69. The molecule has 0 saturated heterocycles. The lowest BCUT2D eigenvalue weighted by Crippen LogP contribution is -2.17. The lowest BCUT2D eigenvalue weighted by atomic mass is 10.1. The third-order valence-electron chi connectivity index (χ3n) is 3.13. The van der Waals surface area contributed by atoms with Crippen LogP contribution < -0.4 is 0 Å². The highest BCUT2D eigenvalue weighted by Gasteiger charge is 2.21. The Hall–Kier alpha value is -1.90. The third kappa shape index (κ3) is 2.60. The molecule has 2 aromatic rings. The van der Waals surface area contributed by atoms with Gasteiger partial charge in [0.25, 0.3) is 0 Å². The number of rotatable bonds is 4. The number of carbonyl (C=O) groups is 1. The highest BCUT2D eigenvalue weighted by atomic mass is 16.1. The summed E-state index contributed by atoms with van der Waals surface area (Å²) in [6, 6.07) is 10.3. The Morgan fingerprint density at radius 1 is 1.11 bits per heavy atom. The normalized spacial score (nSPS) is 11.3. The van der Waals surface area contributed by atoms with Crippen molar-refractivity contribution in [3.05, 3.63) is 42.4 Å². The van der Waals surface area contributed by atoms with Crippen molar-refractivity contribution in [1.82, 2.24) is 9.55 Å². The monoisotopic (exact) mass is 256 g/mol. The molecule has 0 aliphatic heterocycles. The summed E-state index contributed by atoms with van der Waals surface area (Å²) in [6.07, 6.45) is 1.80. The largest absolute Gasteiger partial charge is 0.319 e. The number of nitrogens with zero attached hydrogens (tertiary/aromatic N) is 2. The second kappa shape index (κ2) is 5.39. The maximum absolute atomic E-state index is 12.2. The van der Waals surface area contributed by atoms with Crippen molar-refractivity contribution in [3.63, 3.8) is 0 Å². The van der Waals surface area contributed by atoms with Crippen LogP contribution in [0.15, 0.2) is 36.5 Å². The molecule has 19 heavy (non-hydrogen) atoms. The number of benzene rings is 1. The molecular weight excluding hydrogens is 236 g/mol. The molecule has 0 spiro atoms. The quantitative estimate of drug-likeness (QED) is 0.776. The molecule has 0 N–H and O–H groups in total. The van der Waals surface area contributed by atoms with E-state index in [0.717, 1.165) is 11.3 Å². The van der Waals surface area contributed by atoms with Gasteiger partial charge in [-0.2, -0.15) is 0 Å². The van der Waals surface area contributed by atoms with E-state index in [1.165, 1.54) is 0 Å². The molecule has 0 unspecified atom stereocenters. The van der Waals surface area contributed by atoms with Gasteiger partial charge in [0.1, 0.15) is 0 Å². The maximum Gasteiger partial charge on any atom is 0.200 e. The number of Topliss-reactive ketones (excluding diaryl/α,β-unsaturated/α-hetero) is 1. The van der Waals surface area contributed by atoms with Crippen molar-refractivity contribution in [3.8, 4) is 11.3 Å². The smallest absolute Gasteiger partial charge is 0.200 e. The summed E-state index contributed by atoms with van der Waals surface area (Å²) in [6.45, 7) is 7.96. The van der Waals surface area contributed by atoms with Crippen LogP contribution in [0.25, 0.3) is 11.3 Å². The Balaban J connectivity index is 2.56. The van der Waals surface area contributed by atoms with Crippen LogP contribution in [0.3, 0.4) is 0 Å². The Morgan fingerprint density at radius 3 is 2.26 bits per heavy atom. The van der Waals surface area contributed by atoms with Crippen LogP contribution >= 0.6 is 0 Å². The van der Waals surface area contributed by atoms with Crippen molar-refractivity contribution in [2.24, 2.45) is 5.92 Å². The number of imidazole rings is 1. The van der Waals surface area contributed by atoms with Crippen molar-refractivity contribution >= 4 is 5.78 Å². The average molecular weight is 256 g/mol. The van der Waals surface area contributed by atoms with Crippen LogP contribution in [0.2, 0.25) is 0 Å². The summed E-state index contributed by atoms with van der Waals surface area (Å²) in [4.78, 5) is 16.6. The van der Waals surface area contributed by atoms with Crippen molar-refractivity contribution in [2.45, 2.75) is 33.7 Å². The first kappa shape index (κ1) is 13.5. The zero-order valence-electron chi connectivity index (χ0n) is 11.9. The SMILES string of the molecule is CC(C)C(=O)c1ncc(-c2ccccc2)n1C(C)C. The molecule has 0 radical (unpaired) electrons. The van der Waals surface area contributed by atoms with E-state index in [0.29, 0.717) is 5.82 Å². The molecule has 0 bridgehead atoms. The number of aromatic nitrogens is 2. The first-order valence-corrected chi connectivity index (χ1v) is 6.69. The lowest BCUT2D eigenvalue weighted by molar-refractivity contribution is 0.0923. The van der Waals surface area contributed by atoms with E-state index in [-0.39, 0.29) is 17.7 Å². The van der Waals surface area contributed by atoms with Gasteiger partial charge >= 0.3 is 0 Å². The van der Waals surface area contributed by atoms with E-state index in [9.17, 15) is 4.79 Å². The van der Waals surface area contributed by atoms with E-state index in [1.54, 1.807) is 6.20 Å². The molecule has 0 amide bonds. The zero-order chi connectivity index (χ0) is 14.0. The summed E-state index contributed by atoms with van der Waals surface area (Å²) in [5, 5.41) is 0. The van der Waals surface area contributed by atoms with Crippen LogP contribution in [0.5, 0.6) is 0 Å². The fourth-order valence-corrected chi connectivity index (χ4v) is 2.15. The van der Waals surface area contributed by atoms with Gasteiger partial charge in [0.05, 0.1) is 11.9 Å². The van der Waals surface area contributed by atoms with Crippen LogP contribution in [0.4, 0.5) is 0 Å². The van der Waals surface area contributed by atoms with Gasteiger partial charge in [0.15, 0.2) is 5.82 Å². The van der Waals surface area contributed by atoms with E-state index < -0.39 is 0 Å².